The normalized spacial score (nSPS) is 24.2. The number of piperidine rings is 1. The Labute approximate surface area is 143 Å². The number of ether oxygens (including phenoxy) is 2. The first-order chi connectivity index (χ1) is 11.7. The molecule has 0 spiro atoms. The molecule has 4 rings (SSSR count). The maximum absolute atomic E-state index is 12.4. The second-order valence-corrected chi connectivity index (χ2v) is 7.14. The lowest BCUT2D eigenvalue weighted by Gasteiger charge is -2.31. The third kappa shape index (κ3) is 2.96. The zero-order chi connectivity index (χ0) is 16.5. The Hall–Kier alpha value is -2.15. The number of anilines is 1. The molecule has 2 aliphatic heterocycles. The number of carbonyl (C=O) groups is 2. The third-order valence-electron chi connectivity index (χ3n) is 4.45. The van der Waals surface area contributed by atoms with Crippen LogP contribution in [0.4, 0.5) is 5.13 Å². The fraction of sp³-hybridized carbons (Fsp3) is 0.471. The second kappa shape index (κ2) is 6.39. The van der Waals surface area contributed by atoms with Crippen LogP contribution in [0.1, 0.15) is 19.3 Å². The summed E-state index contributed by atoms with van der Waals surface area (Å²) in [6, 6.07) is 8.03. The average molecular weight is 346 g/mol. The first kappa shape index (κ1) is 15.4. The van der Waals surface area contributed by atoms with Crippen molar-refractivity contribution in [1.29, 1.82) is 0 Å². The fourth-order valence-corrected chi connectivity index (χ4v) is 4.16. The molecule has 3 heterocycles. The van der Waals surface area contributed by atoms with Gasteiger partial charge in [-0.15, -0.1) is 0 Å². The Morgan fingerprint density at radius 1 is 1.33 bits per heavy atom. The van der Waals surface area contributed by atoms with Crippen LogP contribution < -0.4 is 4.90 Å². The van der Waals surface area contributed by atoms with E-state index >= 15 is 0 Å². The summed E-state index contributed by atoms with van der Waals surface area (Å²) >= 11 is 1.64. The Kier molecular flexibility index (Phi) is 4.10. The van der Waals surface area contributed by atoms with Crippen LogP contribution in [-0.2, 0) is 19.1 Å². The summed E-state index contributed by atoms with van der Waals surface area (Å²) in [7, 11) is 0. The van der Waals surface area contributed by atoms with E-state index in [9.17, 15) is 9.59 Å². The van der Waals surface area contributed by atoms with E-state index in [1.54, 1.807) is 11.3 Å². The molecule has 2 atom stereocenters. The molecular weight excluding hydrogens is 328 g/mol. The van der Waals surface area contributed by atoms with Gasteiger partial charge in [0.2, 0.25) is 6.10 Å². The van der Waals surface area contributed by atoms with Crippen molar-refractivity contribution in [3.8, 4) is 0 Å². The predicted molar refractivity (Wildman–Crippen MR) is 90.0 cm³/mol. The van der Waals surface area contributed by atoms with Crippen molar-refractivity contribution < 1.29 is 19.1 Å². The molecule has 0 saturated carbocycles. The van der Waals surface area contributed by atoms with Crippen LogP contribution >= 0.6 is 11.3 Å². The topological polar surface area (TPSA) is 68.7 Å². The monoisotopic (exact) mass is 346 g/mol. The number of carbonyl (C=O) groups excluding carboxylic acids is 2. The van der Waals surface area contributed by atoms with Crippen molar-refractivity contribution in [3.05, 3.63) is 24.3 Å². The molecule has 0 N–H and O–H groups in total. The molecule has 24 heavy (non-hydrogen) atoms. The lowest BCUT2D eigenvalue weighted by molar-refractivity contribution is -0.163. The fourth-order valence-electron chi connectivity index (χ4n) is 3.16. The summed E-state index contributed by atoms with van der Waals surface area (Å²) in [4.78, 5) is 30.6. The van der Waals surface area contributed by atoms with Crippen molar-refractivity contribution in [2.45, 2.75) is 25.4 Å². The van der Waals surface area contributed by atoms with Gasteiger partial charge in [-0.1, -0.05) is 23.5 Å². The summed E-state index contributed by atoms with van der Waals surface area (Å²) in [5, 5.41) is 0.939. The number of benzene rings is 1. The van der Waals surface area contributed by atoms with E-state index in [0.717, 1.165) is 34.7 Å². The Morgan fingerprint density at radius 2 is 2.21 bits per heavy atom. The van der Waals surface area contributed by atoms with E-state index in [4.69, 9.17) is 9.47 Å². The van der Waals surface area contributed by atoms with Gasteiger partial charge in [-0.25, -0.2) is 9.78 Å². The number of cyclic esters (lactones) is 1. The lowest BCUT2D eigenvalue weighted by Crippen LogP contribution is -2.40. The number of rotatable bonds is 3. The Bertz CT molecular complexity index is 742. The van der Waals surface area contributed by atoms with Crippen molar-refractivity contribution in [2.75, 3.05) is 24.6 Å². The van der Waals surface area contributed by atoms with Gasteiger partial charge < -0.3 is 14.4 Å². The summed E-state index contributed by atoms with van der Waals surface area (Å²) in [5.74, 6) is -0.953. The van der Waals surface area contributed by atoms with Crippen molar-refractivity contribution in [1.82, 2.24) is 4.98 Å². The van der Waals surface area contributed by atoms with Gasteiger partial charge in [0.25, 0.3) is 0 Å². The molecular formula is C17H18N2O4S. The Morgan fingerprint density at radius 3 is 3.00 bits per heavy atom. The minimum Gasteiger partial charge on any atom is -0.463 e. The molecule has 126 valence electrons. The third-order valence-corrected chi connectivity index (χ3v) is 5.55. The first-order valence-electron chi connectivity index (χ1n) is 8.18. The van der Waals surface area contributed by atoms with Crippen LogP contribution in [0.3, 0.4) is 0 Å². The summed E-state index contributed by atoms with van der Waals surface area (Å²) < 4.78 is 11.3. The number of thiazole rings is 1. The van der Waals surface area contributed by atoms with Gasteiger partial charge in [-0.2, -0.15) is 0 Å². The molecule has 0 bridgehead atoms. The molecule has 2 aromatic rings. The number of fused-ring (bicyclic) bond motifs is 1. The number of aromatic nitrogens is 1. The maximum atomic E-state index is 12.4. The van der Waals surface area contributed by atoms with E-state index < -0.39 is 12.1 Å². The number of hydrogen-bond acceptors (Lipinski definition) is 7. The molecule has 2 aliphatic rings. The lowest BCUT2D eigenvalue weighted by atomic mass is 9.98. The van der Waals surface area contributed by atoms with Gasteiger partial charge >= 0.3 is 11.9 Å². The highest BCUT2D eigenvalue weighted by atomic mass is 32.1. The molecule has 7 heteroatoms. The van der Waals surface area contributed by atoms with E-state index in [1.807, 2.05) is 18.2 Å². The second-order valence-electron chi connectivity index (χ2n) is 6.13. The van der Waals surface area contributed by atoms with Crippen LogP contribution in [0.2, 0.25) is 0 Å². The Balaban J connectivity index is 1.45. The molecule has 1 aromatic heterocycles. The number of para-hydroxylation sites is 1. The molecule has 1 aromatic carbocycles. The van der Waals surface area contributed by atoms with Crippen molar-refractivity contribution in [3.63, 3.8) is 0 Å². The minimum absolute atomic E-state index is 0.223. The molecule has 0 amide bonds. The summed E-state index contributed by atoms with van der Waals surface area (Å²) in [6.07, 6.45) is 1.42. The zero-order valence-corrected chi connectivity index (χ0v) is 14.0. The summed E-state index contributed by atoms with van der Waals surface area (Å²) in [6.45, 7) is 1.80. The van der Waals surface area contributed by atoms with E-state index in [-0.39, 0.29) is 11.9 Å². The van der Waals surface area contributed by atoms with Gasteiger partial charge in [0.1, 0.15) is 0 Å². The highest BCUT2D eigenvalue weighted by Crippen LogP contribution is 2.32. The van der Waals surface area contributed by atoms with E-state index in [0.29, 0.717) is 19.6 Å². The van der Waals surface area contributed by atoms with Crippen LogP contribution in [-0.4, -0.2) is 42.7 Å². The smallest absolute Gasteiger partial charge is 0.347 e. The van der Waals surface area contributed by atoms with Gasteiger partial charge in [0, 0.05) is 19.5 Å². The number of nitrogens with zero attached hydrogens (tertiary/aromatic N) is 2. The number of hydrogen-bond donors (Lipinski definition) is 0. The molecule has 2 unspecified atom stereocenters. The van der Waals surface area contributed by atoms with Gasteiger partial charge in [0.15, 0.2) is 5.13 Å². The molecule has 2 fully saturated rings. The first-order valence-corrected chi connectivity index (χ1v) is 9.00. The molecule has 0 radical (unpaired) electrons. The highest BCUT2D eigenvalue weighted by Gasteiger charge is 2.34. The highest BCUT2D eigenvalue weighted by molar-refractivity contribution is 7.22. The van der Waals surface area contributed by atoms with Crippen LogP contribution in [0, 0.1) is 5.92 Å². The largest absolute Gasteiger partial charge is 0.463 e. The maximum Gasteiger partial charge on any atom is 0.347 e. The van der Waals surface area contributed by atoms with Gasteiger partial charge in [-0.05, 0) is 25.0 Å². The summed E-state index contributed by atoms with van der Waals surface area (Å²) in [5.41, 5.74) is 0.982. The van der Waals surface area contributed by atoms with E-state index in [1.165, 1.54) is 0 Å². The van der Waals surface area contributed by atoms with E-state index in [2.05, 4.69) is 16.0 Å². The quantitative estimate of drug-likeness (QED) is 0.795. The van der Waals surface area contributed by atoms with Gasteiger partial charge in [0.05, 0.1) is 22.7 Å². The van der Waals surface area contributed by atoms with Crippen LogP contribution in [0.15, 0.2) is 24.3 Å². The van der Waals surface area contributed by atoms with Crippen LogP contribution in [0.5, 0.6) is 0 Å². The van der Waals surface area contributed by atoms with Gasteiger partial charge in [-0.3, -0.25) is 4.79 Å². The zero-order valence-electron chi connectivity index (χ0n) is 13.1. The van der Waals surface area contributed by atoms with Crippen molar-refractivity contribution >= 4 is 38.6 Å². The molecule has 0 aliphatic carbocycles. The predicted octanol–water partition coefficient (Wildman–Crippen LogP) is 2.37. The average Bonchev–Trinajstić information content (AvgIpc) is 3.21. The number of esters is 2. The molecule has 2 saturated heterocycles. The van der Waals surface area contributed by atoms with Crippen molar-refractivity contribution in [2.24, 2.45) is 5.92 Å². The van der Waals surface area contributed by atoms with Crippen LogP contribution in [0.25, 0.3) is 10.2 Å². The minimum atomic E-state index is -0.727. The molecule has 6 nitrogen and oxygen atoms in total. The SMILES string of the molecule is O=C(OC1CCOC1=O)C1CCCN(c2nc3ccccc3s2)C1. The standard InChI is InChI=1S/C17H18N2O4S/c20-15(23-13-7-9-22-16(13)21)11-4-3-8-19(10-11)17-18-12-5-1-2-6-14(12)24-17/h1-2,5-6,11,13H,3-4,7-10H2.